The number of halogens is 2. The third-order valence-corrected chi connectivity index (χ3v) is 4.77. The maximum Gasteiger partial charge on any atom is 0.254 e. The molecule has 104 valence electrons. The second-order valence-electron chi connectivity index (χ2n) is 5.12. The molecule has 2 rings (SSSR count). The summed E-state index contributed by atoms with van der Waals surface area (Å²) < 4.78 is 13.8. The topological polar surface area (TPSA) is 20.3 Å². The fraction of sp³-hybridized carbons (Fsp3) is 0.533. The second-order valence-corrected chi connectivity index (χ2v) is 6.28. The summed E-state index contributed by atoms with van der Waals surface area (Å²) in [6, 6.07) is 4.38. The van der Waals surface area contributed by atoms with Gasteiger partial charge in [0, 0.05) is 16.7 Å². The maximum absolute atomic E-state index is 13.1. The molecule has 1 fully saturated rings. The molecule has 1 aliphatic heterocycles. The van der Waals surface area contributed by atoms with E-state index in [1.54, 1.807) is 6.07 Å². The van der Waals surface area contributed by atoms with E-state index >= 15 is 0 Å². The molecule has 0 spiro atoms. The third-order valence-electron chi connectivity index (χ3n) is 3.87. The van der Waals surface area contributed by atoms with Gasteiger partial charge in [-0.25, -0.2) is 4.39 Å². The quantitative estimate of drug-likeness (QED) is 0.714. The van der Waals surface area contributed by atoms with Crippen LogP contribution in [0.5, 0.6) is 0 Å². The van der Waals surface area contributed by atoms with Crippen LogP contribution in [0.15, 0.2) is 18.2 Å². The molecule has 0 aliphatic carbocycles. The smallest absolute Gasteiger partial charge is 0.254 e. The minimum absolute atomic E-state index is 0.0427. The van der Waals surface area contributed by atoms with E-state index in [4.69, 9.17) is 0 Å². The SMILES string of the molecule is CCC1CCCN(C(=O)c2ccc(F)cc2I)CC1. The van der Waals surface area contributed by atoms with Gasteiger partial charge in [-0.15, -0.1) is 0 Å². The average Bonchev–Trinajstić information content (AvgIpc) is 2.63. The van der Waals surface area contributed by atoms with E-state index in [0.29, 0.717) is 9.13 Å². The summed E-state index contributed by atoms with van der Waals surface area (Å²) in [6.45, 7) is 3.86. The first-order valence-electron chi connectivity index (χ1n) is 6.86. The van der Waals surface area contributed by atoms with Crippen LogP contribution in [-0.2, 0) is 0 Å². The van der Waals surface area contributed by atoms with Crippen molar-refractivity contribution in [2.45, 2.75) is 32.6 Å². The Morgan fingerprint density at radius 3 is 2.89 bits per heavy atom. The maximum atomic E-state index is 13.1. The minimum atomic E-state index is -0.289. The number of amides is 1. The van der Waals surface area contributed by atoms with Crippen LogP contribution in [0.4, 0.5) is 4.39 Å². The number of benzene rings is 1. The number of hydrogen-bond acceptors (Lipinski definition) is 1. The van der Waals surface area contributed by atoms with Gasteiger partial charge >= 0.3 is 0 Å². The molecule has 1 aliphatic rings. The standard InChI is InChI=1S/C15H19FINO/c1-2-11-4-3-8-18(9-7-11)15(19)13-6-5-12(16)10-14(13)17/h5-6,10-11H,2-4,7-9H2,1H3. The number of hydrogen-bond donors (Lipinski definition) is 0. The molecule has 0 radical (unpaired) electrons. The number of nitrogens with zero attached hydrogens (tertiary/aromatic N) is 1. The van der Waals surface area contributed by atoms with Gasteiger partial charge in [0.15, 0.2) is 0 Å². The highest BCUT2D eigenvalue weighted by molar-refractivity contribution is 14.1. The molecule has 1 aromatic rings. The monoisotopic (exact) mass is 375 g/mol. The zero-order valence-electron chi connectivity index (χ0n) is 11.2. The van der Waals surface area contributed by atoms with Gasteiger partial charge in [-0.05, 0) is 66.0 Å². The molecule has 1 unspecified atom stereocenters. The van der Waals surface area contributed by atoms with Crippen molar-refractivity contribution in [2.24, 2.45) is 5.92 Å². The van der Waals surface area contributed by atoms with Crippen molar-refractivity contribution in [3.05, 3.63) is 33.1 Å². The molecule has 0 N–H and O–H groups in total. The van der Waals surface area contributed by atoms with Gasteiger partial charge in [0.1, 0.15) is 5.82 Å². The predicted molar refractivity (Wildman–Crippen MR) is 82.7 cm³/mol. The van der Waals surface area contributed by atoms with Crippen molar-refractivity contribution < 1.29 is 9.18 Å². The molecular weight excluding hydrogens is 356 g/mol. The lowest BCUT2D eigenvalue weighted by atomic mass is 9.98. The molecule has 0 bridgehead atoms. The Kier molecular flexibility index (Phi) is 5.19. The van der Waals surface area contributed by atoms with E-state index in [1.165, 1.54) is 25.0 Å². The highest BCUT2D eigenvalue weighted by Crippen LogP contribution is 2.23. The molecule has 4 heteroatoms. The zero-order valence-corrected chi connectivity index (χ0v) is 13.3. The summed E-state index contributed by atoms with van der Waals surface area (Å²) in [7, 11) is 0. The van der Waals surface area contributed by atoms with Crippen molar-refractivity contribution in [3.8, 4) is 0 Å². The van der Waals surface area contributed by atoms with Gasteiger partial charge in [-0.3, -0.25) is 4.79 Å². The first-order chi connectivity index (χ1) is 9.11. The Balaban J connectivity index is 2.10. The zero-order chi connectivity index (χ0) is 13.8. The molecular formula is C15H19FINO. The van der Waals surface area contributed by atoms with E-state index in [0.717, 1.165) is 31.8 Å². The van der Waals surface area contributed by atoms with Crippen LogP contribution in [0.3, 0.4) is 0 Å². The molecule has 1 atom stereocenters. The Morgan fingerprint density at radius 2 is 2.21 bits per heavy atom. The van der Waals surface area contributed by atoms with Crippen LogP contribution in [-0.4, -0.2) is 23.9 Å². The summed E-state index contributed by atoms with van der Waals surface area (Å²) >= 11 is 2.03. The Labute approximate surface area is 127 Å². The number of carbonyl (C=O) groups excluding carboxylic acids is 1. The van der Waals surface area contributed by atoms with Crippen LogP contribution < -0.4 is 0 Å². The fourth-order valence-electron chi connectivity index (χ4n) is 2.61. The summed E-state index contributed by atoms with van der Waals surface area (Å²) in [5, 5.41) is 0. The van der Waals surface area contributed by atoms with Crippen molar-refractivity contribution in [2.75, 3.05) is 13.1 Å². The Hall–Kier alpha value is -0.650. The van der Waals surface area contributed by atoms with Crippen molar-refractivity contribution in [1.82, 2.24) is 4.90 Å². The lowest BCUT2D eigenvalue weighted by molar-refractivity contribution is 0.0759. The van der Waals surface area contributed by atoms with Gasteiger partial charge in [-0.2, -0.15) is 0 Å². The predicted octanol–water partition coefficient (Wildman–Crippen LogP) is 4.08. The lowest BCUT2D eigenvalue weighted by Crippen LogP contribution is -2.32. The Bertz CT molecular complexity index is 463. The van der Waals surface area contributed by atoms with E-state index in [2.05, 4.69) is 6.92 Å². The molecule has 1 saturated heterocycles. The first kappa shape index (κ1) is 14.8. The molecule has 0 saturated carbocycles. The lowest BCUT2D eigenvalue weighted by Gasteiger charge is -2.21. The third kappa shape index (κ3) is 3.68. The molecule has 1 amide bonds. The van der Waals surface area contributed by atoms with E-state index < -0.39 is 0 Å². The van der Waals surface area contributed by atoms with Gasteiger partial charge in [0.05, 0.1) is 5.56 Å². The van der Waals surface area contributed by atoms with Gasteiger partial charge in [-0.1, -0.05) is 13.3 Å². The molecule has 1 heterocycles. The molecule has 2 nitrogen and oxygen atoms in total. The van der Waals surface area contributed by atoms with E-state index in [-0.39, 0.29) is 11.7 Å². The van der Waals surface area contributed by atoms with Crippen LogP contribution in [0, 0.1) is 15.3 Å². The van der Waals surface area contributed by atoms with Crippen molar-refractivity contribution in [1.29, 1.82) is 0 Å². The average molecular weight is 375 g/mol. The summed E-state index contributed by atoms with van der Waals surface area (Å²) in [5.74, 6) is 0.495. The summed E-state index contributed by atoms with van der Waals surface area (Å²) in [6.07, 6.45) is 4.55. The first-order valence-corrected chi connectivity index (χ1v) is 7.94. The van der Waals surface area contributed by atoms with Crippen LogP contribution in [0.25, 0.3) is 0 Å². The van der Waals surface area contributed by atoms with Gasteiger partial charge in [0.2, 0.25) is 0 Å². The highest BCUT2D eigenvalue weighted by atomic mass is 127. The minimum Gasteiger partial charge on any atom is -0.339 e. The number of likely N-dealkylation sites (tertiary alicyclic amines) is 1. The molecule has 1 aromatic carbocycles. The Morgan fingerprint density at radius 1 is 1.42 bits per heavy atom. The highest BCUT2D eigenvalue weighted by Gasteiger charge is 2.22. The van der Waals surface area contributed by atoms with Crippen LogP contribution >= 0.6 is 22.6 Å². The van der Waals surface area contributed by atoms with Crippen LogP contribution in [0.2, 0.25) is 0 Å². The second kappa shape index (κ2) is 6.68. The molecule has 0 aromatic heterocycles. The van der Waals surface area contributed by atoms with Crippen molar-refractivity contribution >= 4 is 28.5 Å². The number of rotatable bonds is 2. The largest absolute Gasteiger partial charge is 0.339 e. The van der Waals surface area contributed by atoms with E-state index in [9.17, 15) is 9.18 Å². The summed E-state index contributed by atoms with van der Waals surface area (Å²) in [5.41, 5.74) is 0.622. The molecule has 19 heavy (non-hydrogen) atoms. The van der Waals surface area contributed by atoms with Gasteiger partial charge in [0.25, 0.3) is 5.91 Å². The summed E-state index contributed by atoms with van der Waals surface area (Å²) in [4.78, 5) is 14.4. The van der Waals surface area contributed by atoms with Gasteiger partial charge < -0.3 is 4.90 Å². The fourth-order valence-corrected chi connectivity index (χ4v) is 3.32. The van der Waals surface area contributed by atoms with Crippen LogP contribution in [0.1, 0.15) is 43.0 Å². The number of carbonyl (C=O) groups is 1. The van der Waals surface area contributed by atoms with E-state index in [1.807, 2.05) is 27.5 Å². The normalized spacial score (nSPS) is 20.2. The van der Waals surface area contributed by atoms with Crippen molar-refractivity contribution in [3.63, 3.8) is 0 Å².